The first-order valence-electron chi connectivity index (χ1n) is 4.94. The van der Waals surface area contributed by atoms with Crippen molar-refractivity contribution in [2.24, 2.45) is 11.5 Å². The molecule has 0 fully saturated rings. The molecule has 0 saturated carbocycles. The summed E-state index contributed by atoms with van der Waals surface area (Å²) in [5.74, 6) is -3.92. The largest absolute Gasteiger partial charge is 0.480 e. The van der Waals surface area contributed by atoms with E-state index in [4.69, 9.17) is 21.7 Å². The third kappa shape index (κ3) is 6.51. The van der Waals surface area contributed by atoms with Crippen LogP contribution in [0.1, 0.15) is 12.8 Å². The maximum absolute atomic E-state index is 11.2. The third-order valence-electron chi connectivity index (χ3n) is 1.93. The molecular weight excluding hydrogens is 244 g/mol. The molecule has 100 valence electrons. The Kier molecular flexibility index (Phi) is 6.47. The van der Waals surface area contributed by atoms with Gasteiger partial charge in [-0.15, -0.1) is 0 Å². The van der Waals surface area contributed by atoms with Crippen molar-refractivity contribution in [2.75, 3.05) is 0 Å². The van der Waals surface area contributed by atoms with E-state index < -0.39 is 48.4 Å². The van der Waals surface area contributed by atoms with Crippen molar-refractivity contribution in [3.63, 3.8) is 0 Å². The van der Waals surface area contributed by atoms with Gasteiger partial charge < -0.3 is 21.7 Å². The summed E-state index contributed by atoms with van der Waals surface area (Å²) in [6.07, 6.45) is 0.841. The standard InChI is InChI=1S/C10H14N2O6/c11-7(9(15)16)3-5(13)1-2-6(14)4-8(12)10(17)18/h1-2,7-8H,3-4,11-12H2,(H,15,16)(H,17,18)/b2-1+. The Morgan fingerprint density at radius 2 is 1.11 bits per heavy atom. The summed E-state index contributed by atoms with van der Waals surface area (Å²) in [6.45, 7) is 0. The van der Waals surface area contributed by atoms with Crippen LogP contribution < -0.4 is 11.5 Å². The number of carbonyl (C=O) groups excluding carboxylic acids is 2. The van der Waals surface area contributed by atoms with Crippen LogP contribution in [0.25, 0.3) is 0 Å². The Bertz CT molecular complexity index is 354. The molecule has 0 heterocycles. The molecular formula is C10H14N2O6. The summed E-state index contributed by atoms with van der Waals surface area (Å²) in [7, 11) is 0. The number of carboxylic acid groups (broad SMARTS) is 2. The molecule has 0 radical (unpaired) electrons. The van der Waals surface area contributed by atoms with Gasteiger partial charge in [-0.25, -0.2) is 0 Å². The van der Waals surface area contributed by atoms with Crippen molar-refractivity contribution < 1.29 is 29.4 Å². The molecule has 0 aromatic rings. The quantitative estimate of drug-likeness (QED) is 0.374. The van der Waals surface area contributed by atoms with E-state index in [1.807, 2.05) is 0 Å². The van der Waals surface area contributed by atoms with E-state index >= 15 is 0 Å². The lowest BCUT2D eigenvalue weighted by Gasteiger charge is -2.03. The second kappa shape index (κ2) is 7.30. The lowest BCUT2D eigenvalue weighted by molar-refractivity contribution is -0.140. The van der Waals surface area contributed by atoms with Gasteiger partial charge in [-0.1, -0.05) is 0 Å². The molecule has 0 aliphatic carbocycles. The van der Waals surface area contributed by atoms with E-state index in [1.54, 1.807) is 0 Å². The Hall–Kier alpha value is -2.06. The molecule has 8 nitrogen and oxygen atoms in total. The van der Waals surface area contributed by atoms with Crippen molar-refractivity contribution in [3.05, 3.63) is 12.2 Å². The van der Waals surface area contributed by atoms with Crippen molar-refractivity contribution in [3.8, 4) is 0 Å². The Labute approximate surface area is 102 Å². The van der Waals surface area contributed by atoms with Crippen LogP contribution in [-0.2, 0) is 19.2 Å². The molecule has 2 atom stereocenters. The van der Waals surface area contributed by atoms with Gasteiger partial charge in [-0.3, -0.25) is 19.2 Å². The number of nitrogens with two attached hydrogens (primary N) is 2. The van der Waals surface area contributed by atoms with Crippen molar-refractivity contribution in [2.45, 2.75) is 24.9 Å². The highest BCUT2D eigenvalue weighted by atomic mass is 16.4. The normalized spacial score (nSPS) is 14.1. The van der Waals surface area contributed by atoms with E-state index in [1.165, 1.54) is 0 Å². The molecule has 2 unspecified atom stereocenters. The van der Waals surface area contributed by atoms with E-state index in [9.17, 15) is 19.2 Å². The smallest absolute Gasteiger partial charge is 0.320 e. The molecule has 0 bridgehead atoms. The fraction of sp³-hybridized carbons (Fsp3) is 0.400. The van der Waals surface area contributed by atoms with Gasteiger partial charge in [-0.05, 0) is 12.2 Å². The van der Waals surface area contributed by atoms with Crippen LogP contribution in [0.3, 0.4) is 0 Å². The number of hydrogen-bond acceptors (Lipinski definition) is 6. The fourth-order valence-electron chi connectivity index (χ4n) is 0.930. The van der Waals surface area contributed by atoms with Crippen molar-refractivity contribution >= 4 is 23.5 Å². The van der Waals surface area contributed by atoms with Gasteiger partial charge in [0.2, 0.25) is 0 Å². The highest BCUT2D eigenvalue weighted by Gasteiger charge is 2.16. The first-order valence-corrected chi connectivity index (χ1v) is 4.94. The van der Waals surface area contributed by atoms with Crippen molar-refractivity contribution in [1.82, 2.24) is 0 Å². The predicted molar refractivity (Wildman–Crippen MR) is 59.6 cm³/mol. The second-order valence-electron chi connectivity index (χ2n) is 3.56. The van der Waals surface area contributed by atoms with Gasteiger partial charge in [0.25, 0.3) is 0 Å². The van der Waals surface area contributed by atoms with Crippen LogP contribution >= 0.6 is 0 Å². The SMILES string of the molecule is NC(CC(=O)/C=C/C(=O)CC(N)C(=O)O)C(=O)O. The van der Waals surface area contributed by atoms with E-state index in [2.05, 4.69) is 0 Å². The van der Waals surface area contributed by atoms with Crippen molar-refractivity contribution in [1.29, 1.82) is 0 Å². The zero-order chi connectivity index (χ0) is 14.3. The number of aliphatic carboxylic acids is 2. The minimum absolute atomic E-state index is 0.440. The molecule has 6 N–H and O–H groups in total. The van der Waals surface area contributed by atoms with Crippen LogP contribution in [0.4, 0.5) is 0 Å². The summed E-state index contributed by atoms with van der Waals surface area (Å²) in [5, 5.41) is 16.9. The first kappa shape index (κ1) is 15.9. The fourth-order valence-corrected chi connectivity index (χ4v) is 0.930. The minimum atomic E-state index is -1.33. The predicted octanol–water partition coefficient (Wildman–Crippen LogP) is -1.72. The average molecular weight is 258 g/mol. The van der Waals surface area contributed by atoms with Gasteiger partial charge in [-0.2, -0.15) is 0 Å². The maximum Gasteiger partial charge on any atom is 0.320 e. The van der Waals surface area contributed by atoms with Gasteiger partial charge in [0.15, 0.2) is 11.6 Å². The lowest BCUT2D eigenvalue weighted by Crippen LogP contribution is -2.32. The van der Waals surface area contributed by atoms with E-state index in [-0.39, 0.29) is 0 Å². The van der Waals surface area contributed by atoms with Gasteiger partial charge in [0.1, 0.15) is 12.1 Å². The average Bonchev–Trinajstić information content (AvgIpc) is 2.25. The lowest BCUT2D eigenvalue weighted by atomic mass is 10.1. The zero-order valence-electron chi connectivity index (χ0n) is 9.41. The highest BCUT2D eigenvalue weighted by molar-refractivity contribution is 6.01. The zero-order valence-corrected chi connectivity index (χ0v) is 9.41. The number of carbonyl (C=O) groups is 4. The van der Waals surface area contributed by atoms with Crippen LogP contribution in [-0.4, -0.2) is 45.8 Å². The number of carboxylic acids is 2. The minimum Gasteiger partial charge on any atom is -0.480 e. The first-order chi connectivity index (χ1) is 8.23. The third-order valence-corrected chi connectivity index (χ3v) is 1.93. The molecule has 18 heavy (non-hydrogen) atoms. The summed E-state index contributed by atoms with van der Waals surface area (Å²) < 4.78 is 0. The van der Waals surface area contributed by atoms with Crippen LogP contribution in [0.5, 0.6) is 0 Å². The molecule has 0 amide bonds. The van der Waals surface area contributed by atoms with E-state index in [0.29, 0.717) is 0 Å². The summed E-state index contributed by atoms with van der Waals surface area (Å²) in [5.41, 5.74) is 10.2. The van der Waals surface area contributed by atoms with Crippen LogP contribution in [0.15, 0.2) is 12.2 Å². The second-order valence-corrected chi connectivity index (χ2v) is 3.56. The highest BCUT2D eigenvalue weighted by Crippen LogP contribution is 1.96. The summed E-state index contributed by atoms with van der Waals surface area (Å²) in [6, 6.07) is -2.67. The molecule has 0 aromatic heterocycles. The van der Waals surface area contributed by atoms with Crippen LogP contribution in [0, 0.1) is 0 Å². The monoisotopic (exact) mass is 258 g/mol. The molecule has 0 aromatic carbocycles. The Morgan fingerprint density at radius 3 is 1.33 bits per heavy atom. The molecule has 0 aliphatic heterocycles. The van der Waals surface area contributed by atoms with Gasteiger partial charge >= 0.3 is 11.9 Å². The topological polar surface area (TPSA) is 161 Å². The molecule has 0 spiro atoms. The number of ketones is 2. The molecule has 0 aliphatic rings. The molecule has 8 heteroatoms. The van der Waals surface area contributed by atoms with E-state index in [0.717, 1.165) is 12.2 Å². The number of hydrogen-bond donors (Lipinski definition) is 4. The number of rotatable bonds is 8. The number of allylic oxidation sites excluding steroid dienone is 2. The maximum atomic E-state index is 11.2. The van der Waals surface area contributed by atoms with Gasteiger partial charge in [0.05, 0.1) is 0 Å². The Morgan fingerprint density at radius 1 is 0.833 bits per heavy atom. The molecule has 0 rings (SSSR count). The van der Waals surface area contributed by atoms with Gasteiger partial charge in [0, 0.05) is 12.8 Å². The molecule has 0 saturated heterocycles. The van der Waals surface area contributed by atoms with Crippen LogP contribution in [0.2, 0.25) is 0 Å². The summed E-state index contributed by atoms with van der Waals surface area (Å²) in [4.78, 5) is 43.0. The Balaban J connectivity index is 4.22. The summed E-state index contributed by atoms with van der Waals surface area (Å²) >= 11 is 0.